The van der Waals surface area contributed by atoms with Crippen LogP contribution in [-0.2, 0) is 4.79 Å². The zero-order valence-electron chi connectivity index (χ0n) is 16.7. The monoisotopic (exact) mass is 454 g/mol. The van der Waals surface area contributed by atoms with Gasteiger partial charge in [0.2, 0.25) is 5.91 Å². The third kappa shape index (κ3) is 7.16. The lowest BCUT2D eigenvalue weighted by Gasteiger charge is -2.36. The first kappa shape index (κ1) is 25.7. The van der Waals surface area contributed by atoms with Crippen LogP contribution in [0.1, 0.15) is 36.0 Å². The van der Waals surface area contributed by atoms with Crippen molar-refractivity contribution in [2.75, 3.05) is 19.6 Å². The maximum absolute atomic E-state index is 13.1. The normalized spacial score (nSPS) is 15.4. The second-order valence-corrected chi connectivity index (χ2v) is 6.80. The molecular weight excluding hydrogens is 427 g/mol. The summed E-state index contributed by atoms with van der Waals surface area (Å²) in [6.45, 7) is 1.47. The highest BCUT2D eigenvalue weighted by atomic mass is 35.5. The molecule has 3 rings (SSSR count). The number of piperidine rings is 1. The number of halogens is 2. The Morgan fingerprint density at radius 2 is 1.90 bits per heavy atom. The molecule has 2 heterocycles. The lowest BCUT2D eigenvalue weighted by Crippen LogP contribution is -2.49. The van der Waals surface area contributed by atoms with Gasteiger partial charge in [-0.3, -0.25) is 14.6 Å². The molecule has 0 bridgehead atoms. The van der Waals surface area contributed by atoms with Gasteiger partial charge in [-0.15, -0.1) is 24.8 Å². The van der Waals surface area contributed by atoms with E-state index in [4.69, 9.17) is 10.5 Å². The van der Waals surface area contributed by atoms with Crippen molar-refractivity contribution in [1.82, 2.24) is 15.2 Å². The summed E-state index contributed by atoms with van der Waals surface area (Å²) in [6, 6.07) is 10.7. The Morgan fingerprint density at radius 1 is 1.13 bits per heavy atom. The van der Waals surface area contributed by atoms with E-state index in [0.29, 0.717) is 43.1 Å². The summed E-state index contributed by atoms with van der Waals surface area (Å²) in [5, 5.41) is 2.89. The number of carbonyl (C=O) groups is 2. The number of ether oxygens (including phenoxy) is 1. The van der Waals surface area contributed by atoms with E-state index in [2.05, 4.69) is 10.3 Å². The second-order valence-electron chi connectivity index (χ2n) is 6.80. The number of hydrogen-bond donors (Lipinski definition) is 2. The Morgan fingerprint density at radius 3 is 2.63 bits per heavy atom. The molecule has 1 aliphatic rings. The van der Waals surface area contributed by atoms with Crippen LogP contribution in [0.25, 0.3) is 0 Å². The van der Waals surface area contributed by atoms with Gasteiger partial charge >= 0.3 is 0 Å². The lowest BCUT2D eigenvalue weighted by atomic mass is 10.0. The quantitative estimate of drug-likeness (QED) is 0.669. The summed E-state index contributed by atoms with van der Waals surface area (Å²) in [5.74, 6) is 1.14. The summed E-state index contributed by atoms with van der Waals surface area (Å²) in [6.07, 6.45) is 6.50. The first-order chi connectivity index (χ1) is 13.7. The van der Waals surface area contributed by atoms with Gasteiger partial charge in [-0.1, -0.05) is 6.07 Å². The van der Waals surface area contributed by atoms with Crippen molar-refractivity contribution in [3.8, 4) is 11.5 Å². The highest BCUT2D eigenvalue weighted by molar-refractivity contribution is 5.95. The van der Waals surface area contributed by atoms with E-state index in [9.17, 15) is 9.59 Å². The number of hydrogen-bond acceptors (Lipinski definition) is 5. The molecule has 9 heteroatoms. The molecule has 7 nitrogen and oxygen atoms in total. The number of likely N-dealkylation sites (tertiary alicyclic amines) is 1. The van der Waals surface area contributed by atoms with Crippen molar-refractivity contribution in [3.63, 3.8) is 0 Å². The first-order valence-electron chi connectivity index (χ1n) is 9.63. The number of rotatable bonds is 7. The molecule has 1 aliphatic heterocycles. The zero-order chi connectivity index (χ0) is 19.8. The smallest absolute Gasteiger partial charge is 0.254 e. The Hall–Kier alpha value is -2.35. The molecule has 1 aromatic carbocycles. The highest BCUT2D eigenvalue weighted by Gasteiger charge is 2.28. The minimum absolute atomic E-state index is 0. The molecule has 0 spiro atoms. The Bertz CT molecular complexity index is 808. The average Bonchev–Trinajstić information content (AvgIpc) is 2.73. The zero-order valence-corrected chi connectivity index (χ0v) is 18.3. The van der Waals surface area contributed by atoms with Crippen molar-refractivity contribution in [2.24, 2.45) is 5.73 Å². The van der Waals surface area contributed by atoms with Gasteiger partial charge in [0, 0.05) is 50.1 Å². The standard InChI is InChI=1S/C21H26N4O3.2ClH/c22-10-7-20(26)24-15-17-5-1-2-13-25(17)21(27)16-4-3-6-19(14-16)28-18-8-11-23-12-9-18;;/h3-4,6,8-9,11-12,14,17H,1-2,5,7,10,13,15,22H2,(H,24,26);2*1H. The van der Waals surface area contributed by atoms with Crippen molar-refractivity contribution >= 4 is 36.6 Å². The third-order valence-corrected chi connectivity index (χ3v) is 4.76. The van der Waals surface area contributed by atoms with Gasteiger partial charge in [-0.25, -0.2) is 0 Å². The molecule has 1 atom stereocenters. The van der Waals surface area contributed by atoms with Crippen LogP contribution >= 0.6 is 24.8 Å². The molecule has 1 fully saturated rings. The van der Waals surface area contributed by atoms with Crippen LogP contribution in [0, 0.1) is 0 Å². The predicted molar refractivity (Wildman–Crippen MR) is 121 cm³/mol. The fourth-order valence-electron chi connectivity index (χ4n) is 3.33. The molecule has 3 N–H and O–H groups in total. The van der Waals surface area contributed by atoms with Gasteiger partial charge in [-0.05, 0) is 49.6 Å². The summed E-state index contributed by atoms with van der Waals surface area (Å²) in [5.41, 5.74) is 5.99. The average molecular weight is 455 g/mol. The van der Waals surface area contributed by atoms with E-state index in [1.165, 1.54) is 0 Å². The largest absolute Gasteiger partial charge is 0.457 e. The summed E-state index contributed by atoms with van der Waals surface area (Å²) < 4.78 is 5.81. The third-order valence-electron chi connectivity index (χ3n) is 4.76. The van der Waals surface area contributed by atoms with Crippen LogP contribution in [0.3, 0.4) is 0 Å². The number of benzene rings is 1. The van der Waals surface area contributed by atoms with Crippen LogP contribution < -0.4 is 15.8 Å². The van der Waals surface area contributed by atoms with Crippen LogP contribution in [0.2, 0.25) is 0 Å². The maximum Gasteiger partial charge on any atom is 0.254 e. The Kier molecular flexibility index (Phi) is 11.2. The fraction of sp³-hybridized carbons (Fsp3) is 0.381. The summed E-state index contributed by atoms with van der Waals surface area (Å²) >= 11 is 0. The van der Waals surface area contributed by atoms with Gasteiger partial charge in [-0.2, -0.15) is 0 Å². The van der Waals surface area contributed by atoms with Crippen LogP contribution in [-0.4, -0.2) is 47.4 Å². The van der Waals surface area contributed by atoms with Gasteiger partial charge in [0.15, 0.2) is 0 Å². The molecule has 2 amide bonds. The number of nitrogens with zero attached hydrogens (tertiary/aromatic N) is 2. The molecule has 30 heavy (non-hydrogen) atoms. The van der Waals surface area contributed by atoms with Crippen LogP contribution in [0.15, 0.2) is 48.8 Å². The molecule has 0 saturated carbocycles. The van der Waals surface area contributed by atoms with E-state index in [-0.39, 0.29) is 42.7 Å². The molecule has 1 unspecified atom stereocenters. The maximum atomic E-state index is 13.1. The number of pyridine rings is 1. The van der Waals surface area contributed by atoms with Crippen molar-refractivity contribution in [3.05, 3.63) is 54.4 Å². The van der Waals surface area contributed by atoms with Gasteiger partial charge < -0.3 is 20.7 Å². The minimum Gasteiger partial charge on any atom is -0.457 e. The number of amides is 2. The number of nitrogens with two attached hydrogens (primary N) is 1. The Balaban J connectivity index is 0.00000225. The van der Waals surface area contributed by atoms with Crippen molar-refractivity contribution in [1.29, 1.82) is 0 Å². The summed E-state index contributed by atoms with van der Waals surface area (Å²) in [7, 11) is 0. The lowest BCUT2D eigenvalue weighted by molar-refractivity contribution is -0.121. The molecule has 0 aliphatic carbocycles. The number of carbonyl (C=O) groups excluding carboxylic acids is 2. The van der Waals surface area contributed by atoms with Crippen LogP contribution in [0.5, 0.6) is 11.5 Å². The minimum atomic E-state index is -0.0757. The van der Waals surface area contributed by atoms with E-state index in [1.54, 1.807) is 36.7 Å². The van der Waals surface area contributed by atoms with Gasteiger partial charge in [0.05, 0.1) is 0 Å². The molecule has 0 radical (unpaired) electrons. The number of nitrogens with one attached hydrogen (secondary N) is 1. The van der Waals surface area contributed by atoms with E-state index < -0.39 is 0 Å². The van der Waals surface area contributed by atoms with Crippen molar-refractivity contribution in [2.45, 2.75) is 31.7 Å². The topological polar surface area (TPSA) is 97.6 Å². The molecule has 1 saturated heterocycles. The first-order valence-corrected chi connectivity index (χ1v) is 9.63. The van der Waals surface area contributed by atoms with Gasteiger partial charge in [0.1, 0.15) is 11.5 Å². The fourth-order valence-corrected chi connectivity index (χ4v) is 3.33. The van der Waals surface area contributed by atoms with Crippen molar-refractivity contribution < 1.29 is 14.3 Å². The SMILES string of the molecule is Cl.Cl.NCCC(=O)NCC1CCCCN1C(=O)c1cccc(Oc2ccncc2)c1. The van der Waals surface area contributed by atoms with E-state index >= 15 is 0 Å². The van der Waals surface area contributed by atoms with Gasteiger partial charge in [0.25, 0.3) is 5.91 Å². The van der Waals surface area contributed by atoms with E-state index in [0.717, 1.165) is 19.3 Å². The molecule has 2 aromatic rings. The van der Waals surface area contributed by atoms with E-state index in [1.807, 2.05) is 17.0 Å². The molecule has 164 valence electrons. The van der Waals surface area contributed by atoms with Crippen LogP contribution in [0.4, 0.5) is 0 Å². The Labute approximate surface area is 189 Å². The summed E-state index contributed by atoms with van der Waals surface area (Å²) in [4.78, 5) is 30.7. The molecule has 1 aromatic heterocycles. The second kappa shape index (κ2) is 13.1. The predicted octanol–water partition coefficient (Wildman–Crippen LogP) is 3.18. The number of aromatic nitrogens is 1. The molecular formula is C21H28Cl2N4O3. The highest BCUT2D eigenvalue weighted by Crippen LogP contribution is 2.24.